The van der Waals surface area contributed by atoms with Gasteiger partial charge in [-0.05, 0) is 43.9 Å². The minimum atomic E-state index is -0.240. The highest BCUT2D eigenvalue weighted by molar-refractivity contribution is 5.92. The lowest BCUT2D eigenvalue weighted by Gasteiger charge is -2.41. The van der Waals surface area contributed by atoms with Gasteiger partial charge in [0.2, 0.25) is 0 Å². The maximum absolute atomic E-state index is 12.6. The average Bonchev–Trinajstić information content (AvgIpc) is 2.71. The van der Waals surface area contributed by atoms with Crippen LogP contribution in [0.4, 0.5) is 0 Å². The number of carbonyl (C=O) groups excluding carboxylic acids is 1. The standard InChI is InChI=1S/C22H30N4O2/c1-4-5-13-26-20(27)11-10-19(24-26)21(28)23-16-22(2,3)25-14-12-17-8-6-7-9-18(17)15-25/h6-11H,4-5,12-16H2,1-3H3,(H,23,28). The molecular weight excluding hydrogens is 352 g/mol. The van der Waals surface area contributed by atoms with Crippen LogP contribution in [0.3, 0.4) is 0 Å². The summed E-state index contributed by atoms with van der Waals surface area (Å²) in [7, 11) is 0. The minimum absolute atomic E-state index is 0.169. The van der Waals surface area contributed by atoms with E-state index in [-0.39, 0.29) is 22.7 Å². The molecule has 0 spiro atoms. The van der Waals surface area contributed by atoms with Gasteiger partial charge in [0.25, 0.3) is 11.5 Å². The van der Waals surface area contributed by atoms with Gasteiger partial charge in [-0.2, -0.15) is 5.10 Å². The molecule has 1 aromatic heterocycles. The highest BCUT2D eigenvalue weighted by Gasteiger charge is 2.30. The van der Waals surface area contributed by atoms with Crippen molar-refractivity contribution in [1.82, 2.24) is 20.0 Å². The van der Waals surface area contributed by atoms with Crippen molar-refractivity contribution in [1.29, 1.82) is 0 Å². The van der Waals surface area contributed by atoms with Gasteiger partial charge < -0.3 is 5.32 Å². The van der Waals surface area contributed by atoms with Crippen molar-refractivity contribution in [2.24, 2.45) is 0 Å². The number of benzene rings is 1. The molecule has 6 nitrogen and oxygen atoms in total. The molecule has 0 radical (unpaired) electrons. The molecule has 6 heteroatoms. The topological polar surface area (TPSA) is 67.2 Å². The molecule has 0 bridgehead atoms. The first-order valence-electron chi connectivity index (χ1n) is 10.1. The van der Waals surface area contributed by atoms with Crippen LogP contribution in [0.25, 0.3) is 0 Å². The smallest absolute Gasteiger partial charge is 0.271 e. The number of hydrogen-bond acceptors (Lipinski definition) is 4. The van der Waals surface area contributed by atoms with Crippen LogP contribution in [-0.4, -0.2) is 39.2 Å². The molecule has 28 heavy (non-hydrogen) atoms. The summed E-state index contributed by atoms with van der Waals surface area (Å²) in [5.74, 6) is -0.240. The Morgan fingerprint density at radius 2 is 1.93 bits per heavy atom. The number of amides is 1. The Morgan fingerprint density at radius 3 is 2.68 bits per heavy atom. The van der Waals surface area contributed by atoms with Crippen molar-refractivity contribution < 1.29 is 4.79 Å². The lowest BCUT2D eigenvalue weighted by molar-refractivity contribution is 0.0820. The summed E-state index contributed by atoms with van der Waals surface area (Å²) in [6.45, 7) is 9.27. The van der Waals surface area contributed by atoms with Gasteiger partial charge in [-0.15, -0.1) is 0 Å². The fourth-order valence-corrected chi connectivity index (χ4v) is 3.55. The number of nitrogens with one attached hydrogen (secondary N) is 1. The predicted octanol–water partition coefficient (Wildman–Crippen LogP) is 2.61. The molecular formula is C22H30N4O2. The van der Waals surface area contributed by atoms with E-state index in [1.165, 1.54) is 27.9 Å². The van der Waals surface area contributed by atoms with Gasteiger partial charge in [-0.1, -0.05) is 37.6 Å². The Balaban J connectivity index is 1.63. The van der Waals surface area contributed by atoms with Gasteiger partial charge in [0.15, 0.2) is 0 Å². The Hall–Kier alpha value is -2.47. The summed E-state index contributed by atoms with van der Waals surface area (Å²) in [4.78, 5) is 26.9. The maximum Gasteiger partial charge on any atom is 0.271 e. The maximum atomic E-state index is 12.6. The van der Waals surface area contributed by atoms with Gasteiger partial charge in [-0.25, -0.2) is 4.68 Å². The number of unbranched alkanes of at least 4 members (excludes halogenated alkanes) is 1. The normalized spacial score (nSPS) is 14.5. The molecule has 2 aromatic rings. The molecule has 0 atom stereocenters. The van der Waals surface area contributed by atoms with Gasteiger partial charge in [0, 0.05) is 37.8 Å². The SMILES string of the molecule is CCCCn1nc(C(=O)NCC(C)(C)N2CCc3ccccc3C2)ccc1=O. The monoisotopic (exact) mass is 382 g/mol. The van der Waals surface area contributed by atoms with E-state index in [4.69, 9.17) is 0 Å². The minimum Gasteiger partial charge on any atom is -0.349 e. The van der Waals surface area contributed by atoms with Crippen LogP contribution in [0.15, 0.2) is 41.2 Å². The third-order valence-electron chi connectivity index (χ3n) is 5.49. The fraction of sp³-hybridized carbons (Fsp3) is 0.500. The molecule has 150 valence electrons. The molecule has 2 heterocycles. The van der Waals surface area contributed by atoms with Gasteiger partial charge in [-0.3, -0.25) is 14.5 Å². The highest BCUT2D eigenvalue weighted by Crippen LogP contribution is 2.24. The first-order chi connectivity index (χ1) is 13.4. The summed E-state index contributed by atoms with van der Waals surface area (Å²) in [6, 6.07) is 11.5. The summed E-state index contributed by atoms with van der Waals surface area (Å²) in [6.07, 6.45) is 2.86. The lowest BCUT2D eigenvalue weighted by atomic mass is 9.94. The number of aromatic nitrogens is 2. The fourth-order valence-electron chi connectivity index (χ4n) is 3.55. The van der Waals surface area contributed by atoms with Crippen LogP contribution in [0.2, 0.25) is 0 Å². The molecule has 3 rings (SSSR count). The predicted molar refractivity (Wildman–Crippen MR) is 110 cm³/mol. The van der Waals surface area contributed by atoms with Crippen molar-refractivity contribution in [3.8, 4) is 0 Å². The molecule has 0 fully saturated rings. The average molecular weight is 383 g/mol. The molecule has 0 aliphatic carbocycles. The van der Waals surface area contributed by atoms with Crippen LogP contribution in [-0.2, 0) is 19.5 Å². The van der Waals surface area contributed by atoms with Crippen LogP contribution in [0.5, 0.6) is 0 Å². The van der Waals surface area contributed by atoms with Crippen molar-refractivity contribution in [3.05, 3.63) is 63.6 Å². The molecule has 1 aliphatic heterocycles. The Labute approximate surface area is 166 Å². The number of hydrogen-bond donors (Lipinski definition) is 1. The van der Waals surface area contributed by atoms with Crippen molar-refractivity contribution in [2.75, 3.05) is 13.1 Å². The Morgan fingerprint density at radius 1 is 1.18 bits per heavy atom. The van der Waals surface area contributed by atoms with E-state index in [9.17, 15) is 9.59 Å². The zero-order chi connectivity index (χ0) is 20.1. The molecule has 1 aliphatic rings. The van der Waals surface area contributed by atoms with Crippen molar-refractivity contribution >= 4 is 5.91 Å². The number of nitrogens with zero attached hydrogens (tertiary/aromatic N) is 3. The van der Waals surface area contributed by atoms with Crippen LogP contribution < -0.4 is 10.9 Å². The number of rotatable bonds is 7. The summed E-state index contributed by atoms with van der Waals surface area (Å²) in [5, 5.41) is 7.24. The molecule has 1 aromatic carbocycles. The lowest BCUT2D eigenvalue weighted by Crippen LogP contribution is -2.53. The Bertz CT molecular complexity index is 888. The number of fused-ring (bicyclic) bond motifs is 1. The van der Waals surface area contributed by atoms with E-state index in [0.717, 1.165) is 32.4 Å². The largest absolute Gasteiger partial charge is 0.349 e. The van der Waals surface area contributed by atoms with Crippen molar-refractivity contribution in [3.63, 3.8) is 0 Å². The second-order valence-corrected chi connectivity index (χ2v) is 8.07. The van der Waals surface area contributed by atoms with Crippen LogP contribution in [0, 0.1) is 0 Å². The van der Waals surface area contributed by atoms with E-state index in [2.05, 4.69) is 60.4 Å². The van der Waals surface area contributed by atoms with E-state index in [1.807, 2.05) is 0 Å². The van der Waals surface area contributed by atoms with Gasteiger partial charge >= 0.3 is 0 Å². The first kappa shape index (κ1) is 20.3. The van der Waals surface area contributed by atoms with E-state index in [0.29, 0.717) is 13.1 Å². The quantitative estimate of drug-likeness (QED) is 0.799. The summed E-state index contributed by atoms with van der Waals surface area (Å²) < 4.78 is 1.38. The second kappa shape index (κ2) is 8.69. The van der Waals surface area contributed by atoms with E-state index in [1.54, 1.807) is 0 Å². The van der Waals surface area contributed by atoms with Crippen molar-refractivity contribution in [2.45, 2.75) is 58.7 Å². The number of aryl methyl sites for hydroxylation is 1. The van der Waals surface area contributed by atoms with E-state index >= 15 is 0 Å². The third-order valence-corrected chi connectivity index (χ3v) is 5.49. The third kappa shape index (κ3) is 4.68. The molecule has 1 N–H and O–H groups in total. The molecule has 1 amide bonds. The number of carbonyl (C=O) groups is 1. The van der Waals surface area contributed by atoms with Gasteiger partial charge in [0.1, 0.15) is 5.69 Å². The Kier molecular flexibility index (Phi) is 6.29. The molecule has 0 saturated carbocycles. The van der Waals surface area contributed by atoms with Crippen LogP contribution >= 0.6 is 0 Å². The van der Waals surface area contributed by atoms with Crippen LogP contribution in [0.1, 0.15) is 55.2 Å². The highest BCUT2D eigenvalue weighted by atomic mass is 16.2. The first-order valence-corrected chi connectivity index (χ1v) is 10.1. The zero-order valence-electron chi connectivity index (χ0n) is 17.1. The second-order valence-electron chi connectivity index (χ2n) is 8.07. The summed E-state index contributed by atoms with van der Waals surface area (Å²) in [5.41, 5.74) is 2.71. The van der Waals surface area contributed by atoms with Gasteiger partial charge in [0.05, 0.1) is 0 Å². The van der Waals surface area contributed by atoms with E-state index < -0.39 is 0 Å². The summed E-state index contributed by atoms with van der Waals surface area (Å²) >= 11 is 0. The molecule has 0 unspecified atom stereocenters. The zero-order valence-corrected chi connectivity index (χ0v) is 17.1. The molecule has 0 saturated heterocycles.